The Morgan fingerprint density at radius 2 is 1.83 bits per heavy atom. The second-order valence-electron chi connectivity index (χ2n) is 5.01. The highest BCUT2D eigenvalue weighted by atomic mass is 32.2. The van der Waals surface area contributed by atoms with Gasteiger partial charge in [0.2, 0.25) is 0 Å². The number of methoxy groups -OCH3 is 1. The van der Waals surface area contributed by atoms with Crippen molar-refractivity contribution in [1.82, 2.24) is 4.83 Å². The topological polar surface area (TPSA) is 77.0 Å². The van der Waals surface area contributed by atoms with Crippen molar-refractivity contribution < 1.29 is 17.9 Å². The molecule has 7 heteroatoms. The van der Waals surface area contributed by atoms with Crippen molar-refractivity contribution in [3.05, 3.63) is 53.6 Å². The van der Waals surface area contributed by atoms with Crippen LogP contribution in [-0.2, 0) is 10.0 Å². The molecule has 2 rings (SSSR count). The molecule has 0 aliphatic carbocycles. The molecule has 128 valence electrons. The van der Waals surface area contributed by atoms with Crippen molar-refractivity contribution >= 4 is 16.2 Å². The zero-order valence-electron chi connectivity index (χ0n) is 13.8. The molecule has 0 saturated heterocycles. The van der Waals surface area contributed by atoms with Gasteiger partial charge >= 0.3 is 0 Å². The number of nitrogens with zero attached hydrogens (tertiary/aromatic N) is 1. The molecule has 0 spiro atoms. The summed E-state index contributed by atoms with van der Waals surface area (Å²) < 4.78 is 34.9. The van der Waals surface area contributed by atoms with Gasteiger partial charge in [-0.25, -0.2) is 4.83 Å². The molecule has 0 fully saturated rings. The van der Waals surface area contributed by atoms with E-state index < -0.39 is 10.0 Å². The number of sulfonamides is 1. The molecule has 0 aliphatic rings. The van der Waals surface area contributed by atoms with Crippen molar-refractivity contribution in [2.45, 2.75) is 18.7 Å². The maximum Gasteiger partial charge on any atom is 0.276 e. The number of hydrogen-bond acceptors (Lipinski definition) is 5. The van der Waals surface area contributed by atoms with Crippen LogP contribution in [0.2, 0.25) is 0 Å². The molecular formula is C17H20N2O4S. The van der Waals surface area contributed by atoms with Crippen LogP contribution in [0.15, 0.2) is 52.5 Å². The molecule has 2 aromatic rings. The number of benzene rings is 2. The fourth-order valence-electron chi connectivity index (χ4n) is 1.98. The first-order valence-electron chi connectivity index (χ1n) is 7.38. The van der Waals surface area contributed by atoms with E-state index in [0.29, 0.717) is 23.7 Å². The average Bonchev–Trinajstić information content (AvgIpc) is 2.56. The zero-order valence-corrected chi connectivity index (χ0v) is 14.6. The highest BCUT2D eigenvalue weighted by Gasteiger charge is 2.11. The number of rotatable bonds is 7. The Labute approximate surface area is 142 Å². The number of nitrogens with one attached hydrogen (secondary N) is 1. The van der Waals surface area contributed by atoms with E-state index in [9.17, 15) is 8.42 Å². The van der Waals surface area contributed by atoms with Gasteiger partial charge < -0.3 is 9.47 Å². The average molecular weight is 348 g/mol. The SMILES string of the molecule is CCOc1ccc(C=NNS(=O)(=O)c2ccc(C)cc2)cc1OC. The van der Waals surface area contributed by atoms with E-state index >= 15 is 0 Å². The third-order valence-electron chi connectivity index (χ3n) is 3.21. The predicted molar refractivity (Wildman–Crippen MR) is 93.3 cm³/mol. The number of ether oxygens (including phenoxy) is 2. The Hall–Kier alpha value is -2.54. The van der Waals surface area contributed by atoms with E-state index in [1.54, 1.807) is 37.4 Å². The highest BCUT2D eigenvalue weighted by molar-refractivity contribution is 7.89. The largest absolute Gasteiger partial charge is 0.493 e. The quantitative estimate of drug-likeness (QED) is 0.616. The molecule has 0 saturated carbocycles. The van der Waals surface area contributed by atoms with Crippen molar-refractivity contribution in [3.8, 4) is 11.5 Å². The Kier molecular flexibility index (Phi) is 5.81. The Morgan fingerprint density at radius 3 is 2.46 bits per heavy atom. The van der Waals surface area contributed by atoms with Crippen molar-refractivity contribution in [2.75, 3.05) is 13.7 Å². The summed E-state index contributed by atoms with van der Waals surface area (Å²) in [5, 5.41) is 3.80. The summed E-state index contributed by atoms with van der Waals surface area (Å²) in [4.78, 5) is 2.35. The first kappa shape index (κ1) is 17.8. The molecule has 2 aromatic carbocycles. The van der Waals surface area contributed by atoms with Gasteiger partial charge in [-0.2, -0.15) is 13.5 Å². The van der Waals surface area contributed by atoms with E-state index in [1.807, 2.05) is 13.8 Å². The lowest BCUT2D eigenvalue weighted by Gasteiger charge is -2.09. The summed E-state index contributed by atoms with van der Waals surface area (Å²) in [5.41, 5.74) is 1.67. The van der Waals surface area contributed by atoms with Gasteiger partial charge in [0.15, 0.2) is 11.5 Å². The molecule has 0 aliphatic heterocycles. The number of hydrogen-bond donors (Lipinski definition) is 1. The van der Waals surface area contributed by atoms with E-state index in [1.165, 1.54) is 18.3 Å². The van der Waals surface area contributed by atoms with Crippen LogP contribution < -0.4 is 14.3 Å². The van der Waals surface area contributed by atoms with Crippen LogP contribution in [-0.4, -0.2) is 28.3 Å². The first-order chi connectivity index (χ1) is 11.5. The van der Waals surface area contributed by atoms with Crippen molar-refractivity contribution in [2.24, 2.45) is 5.10 Å². The molecule has 0 radical (unpaired) electrons. The van der Waals surface area contributed by atoms with Crippen LogP contribution in [0, 0.1) is 6.92 Å². The van der Waals surface area contributed by atoms with Gasteiger partial charge in [0.05, 0.1) is 24.8 Å². The minimum Gasteiger partial charge on any atom is -0.493 e. The lowest BCUT2D eigenvalue weighted by atomic mass is 10.2. The highest BCUT2D eigenvalue weighted by Crippen LogP contribution is 2.27. The third-order valence-corrected chi connectivity index (χ3v) is 4.44. The van der Waals surface area contributed by atoms with Crippen LogP contribution >= 0.6 is 0 Å². The molecule has 0 aromatic heterocycles. The van der Waals surface area contributed by atoms with Crippen LogP contribution in [0.5, 0.6) is 11.5 Å². The lowest BCUT2D eigenvalue weighted by molar-refractivity contribution is 0.311. The normalized spacial score (nSPS) is 11.5. The molecule has 0 heterocycles. The number of hydrazone groups is 1. The van der Waals surface area contributed by atoms with E-state index in [0.717, 1.165) is 5.56 Å². The van der Waals surface area contributed by atoms with E-state index in [4.69, 9.17) is 9.47 Å². The molecule has 0 amide bonds. The number of aryl methyl sites for hydroxylation is 1. The van der Waals surface area contributed by atoms with Gasteiger partial charge in [0.25, 0.3) is 10.0 Å². The van der Waals surface area contributed by atoms with Gasteiger partial charge in [0, 0.05) is 0 Å². The van der Waals surface area contributed by atoms with Gasteiger partial charge in [-0.15, -0.1) is 0 Å². The Morgan fingerprint density at radius 1 is 1.12 bits per heavy atom. The maximum absolute atomic E-state index is 12.1. The summed E-state index contributed by atoms with van der Waals surface area (Å²) in [7, 11) is -2.14. The van der Waals surface area contributed by atoms with E-state index in [-0.39, 0.29) is 4.90 Å². The summed E-state index contributed by atoms with van der Waals surface area (Å²) in [6.45, 7) is 4.30. The third kappa shape index (κ3) is 4.48. The Balaban J connectivity index is 2.12. The van der Waals surface area contributed by atoms with Gasteiger partial charge in [-0.3, -0.25) is 0 Å². The summed E-state index contributed by atoms with van der Waals surface area (Å²) in [5.74, 6) is 1.18. The van der Waals surface area contributed by atoms with E-state index in [2.05, 4.69) is 9.93 Å². The molecule has 0 atom stereocenters. The smallest absolute Gasteiger partial charge is 0.276 e. The summed E-state index contributed by atoms with van der Waals surface area (Å²) in [6, 6.07) is 11.8. The second kappa shape index (κ2) is 7.83. The van der Waals surface area contributed by atoms with Gasteiger partial charge in [-0.05, 0) is 49.7 Å². The van der Waals surface area contributed by atoms with Crippen molar-refractivity contribution in [3.63, 3.8) is 0 Å². The van der Waals surface area contributed by atoms with Crippen LogP contribution in [0.3, 0.4) is 0 Å². The van der Waals surface area contributed by atoms with Crippen LogP contribution in [0.1, 0.15) is 18.1 Å². The molecular weight excluding hydrogens is 328 g/mol. The van der Waals surface area contributed by atoms with Crippen LogP contribution in [0.4, 0.5) is 0 Å². The lowest BCUT2D eigenvalue weighted by Crippen LogP contribution is -2.18. The molecule has 0 bridgehead atoms. The maximum atomic E-state index is 12.1. The predicted octanol–water partition coefficient (Wildman–Crippen LogP) is 2.71. The first-order valence-corrected chi connectivity index (χ1v) is 8.87. The monoisotopic (exact) mass is 348 g/mol. The molecule has 24 heavy (non-hydrogen) atoms. The van der Waals surface area contributed by atoms with Gasteiger partial charge in [0.1, 0.15) is 0 Å². The fourth-order valence-corrected chi connectivity index (χ4v) is 2.77. The van der Waals surface area contributed by atoms with Gasteiger partial charge in [-0.1, -0.05) is 17.7 Å². The standard InChI is InChI=1S/C17H20N2O4S/c1-4-23-16-10-7-14(11-17(16)22-3)12-18-19-24(20,21)15-8-5-13(2)6-9-15/h5-12,19H,4H2,1-3H3. The minimum atomic E-state index is -3.68. The minimum absolute atomic E-state index is 0.162. The molecule has 1 N–H and O–H groups in total. The summed E-state index contributed by atoms with van der Waals surface area (Å²) in [6.07, 6.45) is 1.41. The van der Waals surface area contributed by atoms with Crippen molar-refractivity contribution in [1.29, 1.82) is 0 Å². The summed E-state index contributed by atoms with van der Waals surface area (Å²) >= 11 is 0. The Bertz CT molecular complexity index is 815. The fraction of sp³-hybridized carbons (Fsp3) is 0.235. The zero-order chi connectivity index (χ0) is 17.6. The molecule has 6 nitrogen and oxygen atoms in total. The molecule has 0 unspecified atom stereocenters. The van der Waals surface area contributed by atoms with Crippen LogP contribution in [0.25, 0.3) is 0 Å². The second-order valence-corrected chi connectivity index (χ2v) is 6.67.